The maximum Gasteiger partial charge on any atom is 0.0558 e. The normalized spacial score (nSPS) is 14.3. The van der Waals surface area contributed by atoms with Crippen molar-refractivity contribution < 1.29 is 4.74 Å². The van der Waals surface area contributed by atoms with Gasteiger partial charge in [-0.3, -0.25) is 0 Å². The zero-order valence-electron chi connectivity index (χ0n) is 15.3. The molecular formula is C19H41NO. The quantitative estimate of drug-likeness (QED) is 0.369. The Morgan fingerprint density at radius 3 is 1.81 bits per heavy atom. The van der Waals surface area contributed by atoms with Crippen LogP contribution in [0.3, 0.4) is 0 Å². The predicted molar refractivity (Wildman–Crippen MR) is 95.0 cm³/mol. The SMILES string of the molecule is CCCCCCCCCCCCC(CC(C)OC)NCC. The Balaban J connectivity index is 3.41. The van der Waals surface area contributed by atoms with E-state index in [1.165, 1.54) is 70.6 Å². The second kappa shape index (κ2) is 16.3. The summed E-state index contributed by atoms with van der Waals surface area (Å²) >= 11 is 0. The van der Waals surface area contributed by atoms with Crippen molar-refractivity contribution in [1.82, 2.24) is 5.32 Å². The molecule has 0 amide bonds. The molecule has 0 heterocycles. The molecule has 0 aromatic heterocycles. The molecule has 0 aliphatic rings. The zero-order chi connectivity index (χ0) is 15.8. The molecule has 2 nitrogen and oxygen atoms in total. The van der Waals surface area contributed by atoms with Gasteiger partial charge in [0, 0.05) is 13.2 Å². The maximum atomic E-state index is 5.39. The fraction of sp³-hybridized carbons (Fsp3) is 1.00. The summed E-state index contributed by atoms with van der Waals surface area (Å²) in [6.45, 7) is 7.72. The second-order valence-electron chi connectivity index (χ2n) is 6.51. The first kappa shape index (κ1) is 20.9. The average Bonchev–Trinajstić information content (AvgIpc) is 2.49. The Morgan fingerprint density at radius 2 is 1.33 bits per heavy atom. The lowest BCUT2D eigenvalue weighted by atomic mass is 10.0. The number of hydrogen-bond donors (Lipinski definition) is 1. The molecule has 0 aromatic rings. The van der Waals surface area contributed by atoms with E-state index in [-0.39, 0.29) is 0 Å². The molecule has 2 unspecified atom stereocenters. The van der Waals surface area contributed by atoms with Gasteiger partial charge in [-0.1, -0.05) is 78.1 Å². The van der Waals surface area contributed by atoms with E-state index < -0.39 is 0 Å². The summed E-state index contributed by atoms with van der Waals surface area (Å²) in [5, 5.41) is 3.60. The third kappa shape index (κ3) is 14.6. The maximum absolute atomic E-state index is 5.39. The van der Waals surface area contributed by atoms with E-state index in [9.17, 15) is 0 Å². The van der Waals surface area contributed by atoms with E-state index in [1.54, 1.807) is 0 Å². The number of unbranched alkanes of at least 4 members (excludes halogenated alkanes) is 9. The van der Waals surface area contributed by atoms with Crippen LogP contribution in [0.2, 0.25) is 0 Å². The van der Waals surface area contributed by atoms with Crippen molar-refractivity contribution in [3.8, 4) is 0 Å². The minimum atomic E-state index is 0.372. The molecule has 0 saturated heterocycles. The molecule has 2 atom stereocenters. The standard InChI is InChI=1S/C19H41NO/c1-5-7-8-9-10-11-12-13-14-15-16-19(20-6-2)17-18(3)21-4/h18-20H,5-17H2,1-4H3. The summed E-state index contributed by atoms with van der Waals surface area (Å²) in [6, 6.07) is 0.638. The summed E-state index contributed by atoms with van der Waals surface area (Å²) in [4.78, 5) is 0. The van der Waals surface area contributed by atoms with Crippen LogP contribution in [0, 0.1) is 0 Å². The minimum absolute atomic E-state index is 0.372. The van der Waals surface area contributed by atoms with Crippen LogP contribution in [0.1, 0.15) is 97.8 Å². The lowest BCUT2D eigenvalue weighted by molar-refractivity contribution is 0.0991. The van der Waals surface area contributed by atoms with E-state index in [0.717, 1.165) is 13.0 Å². The highest BCUT2D eigenvalue weighted by Gasteiger charge is 2.11. The highest BCUT2D eigenvalue weighted by molar-refractivity contribution is 4.69. The van der Waals surface area contributed by atoms with Crippen molar-refractivity contribution in [2.45, 2.75) is 110 Å². The van der Waals surface area contributed by atoms with Crippen LogP contribution in [0.15, 0.2) is 0 Å². The lowest BCUT2D eigenvalue weighted by Crippen LogP contribution is -2.32. The van der Waals surface area contributed by atoms with Crippen molar-refractivity contribution in [1.29, 1.82) is 0 Å². The number of methoxy groups -OCH3 is 1. The third-order valence-electron chi connectivity index (χ3n) is 4.42. The molecule has 0 aromatic carbocycles. The summed E-state index contributed by atoms with van der Waals surface area (Å²) < 4.78 is 5.39. The van der Waals surface area contributed by atoms with Gasteiger partial charge in [0.1, 0.15) is 0 Å². The van der Waals surface area contributed by atoms with E-state index in [2.05, 4.69) is 26.1 Å². The van der Waals surface area contributed by atoms with Crippen LogP contribution in [0.4, 0.5) is 0 Å². The minimum Gasteiger partial charge on any atom is -0.382 e. The lowest BCUT2D eigenvalue weighted by Gasteiger charge is -2.21. The van der Waals surface area contributed by atoms with E-state index in [0.29, 0.717) is 12.1 Å². The van der Waals surface area contributed by atoms with Gasteiger partial charge in [-0.15, -0.1) is 0 Å². The molecule has 128 valence electrons. The van der Waals surface area contributed by atoms with Gasteiger partial charge in [-0.25, -0.2) is 0 Å². The van der Waals surface area contributed by atoms with Crippen molar-refractivity contribution in [2.75, 3.05) is 13.7 Å². The zero-order valence-corrected chi connectivity index (χ0v) is 15.3. The Hall–Kier alpha value is -0.0800. The number of rotatable bonds is 16. The van der Waals surface area contributed by atoms with Crippen molar-refractivity contribution in [3.05, 3.63) is 0 Å². The number of ether oxygens (including phenoxy) is 1. The molecule has 0 bridgehead atoms. The fourth-order valence-electron chi connectivity index (χ4n) is 2.97. The first-order valence-electron chi connectivity index (χ1n) is 9.50. The largest absolute Gasteiger partial charge is 0.382 e. The third-order valence-corrected chi connectivity index (χ3v) is 4.42. The molecule has 0 spiro atoms. The Kier molecular flexibility index (Phi) is 16.2. The van der Waals surface area contributed by atoms with Gasteiger partial charge in [0.05, 0.1) is 6.10 Å². The molecule has 2 heteroatoms. The molecule has 0 rings (SSSR count). The van der Waals surface area contributed by atoms with E-state index in [4.69, 9.17) is 4.74 Å². The Morgan fingerprint density at radius 1 is 0.810 bits per heavy atom. The van der Waals surface area contributed by atoms with Gasteiger partial charge in [-0.2, -0.15) is 0 Å². The molecule has 0 aliphatic carbocycles. The van der Waals surface area contributed by atoms with Gasteiger partial charge in [0.25, 0.3) is 0 Å². The van der Waals surface area contributed by atoms with Crippen molar-refractivity contribution in [2.24, 2.45) is 0 Å². The van der Waals surface area contributed by atoms with Crippen LogP contribution in [0.25, 0.3) is 0 Å². The van der Waals surface area contributed by atoms with Gasteiger partial charge in [0.15, 0.2) is 0 Å². The number of nitrogens with one attached hydrogen (secondary N) is 1. The highest BCUT2D eigenvalue weighted by atomic mass is 16.5. The average molecular weight is 300 g/mol. The smallest absolute Gasteiger partial charge is 0.0558 e. The van der Waals surface area contributed by atoms with Crippen LogP contribution in [-0.4, -0.2) is 25.8 Å². The summed E-state index contributed by atoms with van der Waals surface area (Å²) in [5.41, 5.74) is 0. The summed E-state index contributed by atoms with van der Waals surface area (Å²) in [7, 11) is 1.81. The highest BCUT2D eigenvalue weighted by Crippen LogP contribution is 2.14. The van der Waals surface area contributed by atoms with Crippen molar-refractivity contribution >= 4 is 0 Å². The topological polar surface area (TPSA) is 21.3 Å². The summed E-state index contributed by atoms with van der Waals surface area (Å²) in [5.74, 6) is 0. The predicted octanol–water partition coefficient (Wildman–Crippen LogP) is 5.70. The van der Waals surface area contributed by atoms with Crippen LogP contribution >= 0.6 is 0 Å². The monoisotopic (exact) mass is 299 g/mol. The molecule has 1 N–H and O–H groups in total. The van der Waals surface area contributed by atoms with E-state index >= 15 is 0 Å². The molecule has 21 heavy (non-hydrogen) atoms. The number of hydrogen-bond acceptors (Lipinski definition) is 2. The first-order valence-corrected chi connectivity index (χ1v) is 9.50. The van der Waals surface area contributed by atoms with Crippen LogP contribution in [0.5, 0.6) is 0 Å². The van der Waals surface area contributed by atoms with Gasteiger partial charge in [-0.05, 0) is 26.3 Å². The first-order chi connectivity index (χ1) is 10.2. The van der Waals surface area contributed by atoms with Gasteiger partial charge in [0.2, 0.25) is 0 Å². The van der Waals surface area contributed by atoms with Gasteiger partial charge >= 0.3 is 0 Å². The molecule has 0 fully saturated rings. The fourth-order valence-corrected chi connectivity index (χ4v) is 2.97. The molecule has 0 radical (unpaired) electrons. The molecule has 0 aliphatic heterocycles. The Bertz CT molecular complexity index is 196. The van der Waals surface area contributed by atoms with E-state index in [1.807, 2.05) is 7.11 Å². The molecule has 0 saturated carbocycles. The molecular weight excluding hydrogens is 258 g/mol. The second-order valence-corrected chi connectivity index (χ2v) is 6.51. The van der Waals surface area contributed by atoms with Crippen LogP contribution in [-0.2, 0) is 4.74 Å². The van der Waals surface area contributed by atoms with Gasteiger partial charge < -0.3 is 10.1 Å². The Labute approximate surface area is 134 Å². The van der Waals surface area contributed by atoms with Crippen LogP contribution < -0.4 is 5.32 Å². The summed E-state index contributed by atoms with van der Waals surface area (Å²) in [6.07, 6.45) is 17.0. The van der Waals surface area contributed by atoms with Crippen molar-refractivity contribution in [3.63, 3.8) is 0 Å².